The number of benzene rings is 1. The van der Waals surface area contributed by atoms with Gasteiger partial charge in [-0.2, -0.15) is 0 Å². The molecule has 4 heteroatoms. The molecule has 0 aromatic heterocycles. The Morgan fingerprint density at radius 1 is 1.42 bits per heavy atom. The second kappa shape index (κ2) is 3.61. The number of hydrazine groups is 1. The fraction of sp³-hybridized carbons (Fsp3) is 0.125. The highest BCUT2D eigenvalue weighted by molar-refractivity contribution is 5.66. The van der Waals surface area contributed by atoms with E-state index in [4.69, 9.17) is 5.11 Å². The van der Waals surface area contributed by atoms with Crippen molar-refractivity contribution in [3.05, 3.63) is 30.3 Å². The smallest absolute Gasteiger partial charge is 0.425 e. The van der Waals surface area contributed by atoms with E-state index < -0.39 is 6.09 Å². The molecule has 12 heavy (non-hydrogen) atoms. The van der Waals surface area contributed by atoms with Crippen LogP contribution < -0.4 is 5.43 Å². The maximum absolute atomic E-state index is 10.4. The highest BCUT2D eigenvalue weighted by Gasteiger charge is 2.02. The van der Waals surface area contributed by atoms with Crippen molar-refractivity contribution in [1.29, 1.82) is 0 Å². The molecule has 0 saturated heterocycles. The summed E-state index contributed by atoms with van der Waals surface area (Å²) in [5, 5.41) is 9.50. The topological polar surface area (TPSA) is 52.6 Å². The second-order valence-electron chi connectivity index (χ2n) is 2.32. The number of nitrogens with zero attached hydrogens (tertiary/aromatic N) is 1. The SMILES string of the molecule is CN(Nc1ccccc1)C(=O)O. The summed E-state index contributed by atoms with van der Waals surface area (Å²) in [6.07, 6.45) is -1.01. The van der Waals surface area contributed by atoms with E-state index in [1.807, 2.05) is 18.2 Å². The minimum absolute atomic E-state index is 0.752. The Morgan fingerprint density at radius 2 is 2.00 bits per heavy atom. The molecule has 0 aliphatic heterocycles. The average molecular weight is 166 g/mol. The van der Waals surface area contributed by atoms with E-state index in [-0.39, 0.29) is 0 Å². The number of carboxylic acid groups (broad SMARTS) is 1. The summed E-state index contributed by atoms with van der Waals surface area (Å²) in [5.74, 6) is 0. The molecule has 0 radical (unpaired) electrons. The van der Waals surface area contributed by atoms with Gasteiger partial charge >= 0.3 is 6.09 Å². The number of nitrogens with one attached hydrogen (secondary N) is 1. The molecule has 0 heterocycles. The van der Waals surface area contributed by atoms with Gasteiger partial charge in [-0.05, 0) is 12.1 Å². The van der Waals surface area contributed by atoms with Gasteiger partial charge in [-0.1, -0.05) is 18.2 Å². The highest BCUT2D eigenvalue weighted by atomic mass is 16.4. The molecule has 0 bridgehead atoms. The minimum Gasteiger partial charge on any atom is -0.464 e. The molecule has 0 fully saturated rings. The largest absolute Gasteiger partial charge is 0.464 e. The summed E-state index contributed by atoms with van der Waals surface area (Å²) in [5.41, 5.74) is 3.43. The van der Waals surface area contributed by atoms with E-state index >= 15 is 0 Å². The molecule has 1 amide bonds. The molecule has 0 atom stereocenters. The second-order valence-corrected chi connectivity index (χ2v) is 2.32. The zero-order valence-electron chi connectivity index (χ0n) is 6.69. The van der Waals surface area contributed by atoms with Crippen LogP contribution in [0, 0.1) is 0 Å². The summed E-state index contributed by atoms with van der Waals surface area (Å²) < 4.78 is 0. The standard InChI is InChI=1S/C8H10N2O2/c1-10(8(11)12)9-7-5-3-2-4-6-7/h2-6,9H,1H3,(H,11,12). The van der Waals surface area contributed by atoms with Gasteiger partial charge in [-0.15, -0.1) is 0 Å². The molecule has 2 N–H and O–H groups in total. The monoisotopic (exact) mass is 166 g/mol. The van der Waals surface area contributed by atoms with Gasteiger partial charge in [0.25, 0.3) is 0 Å². The van der Waals surface area contributed by atoms with Crippen LogP contribution in [0.4, 0.5) is 10.5 Å². The van der Waals surface area contributed by atoms with Crippen LogP contribution >= 0.6 is 0 Å². The summed E-state index contributed by atoms with van der Waals surface area (Å²) in [4.78, 5) is 10.4. The van der Waals surface area contributed by atoms with Gasteiger partial charge in [0.1, 0.15) is 0 Å². The van der Waals surface area contributed by atoms with E-state index in [0.29, 0.717) is 0 Å². The van der Waals surface area contributed by atoms with E-state index in [1.165, 1.54) is 7.05 Å². The van der Waals surface area contributed by atoms with Gasteiger partial charge in [-0.3, -0.25) is 5.43 Å². The Morgan fingerprint density at radius 3 is 2.50 bits per heavy atom. The van der Waals surface area contributed by atoms with Crippen LogP contribution in [0.5, 0.6) is 0 Å². The van der Waals surface area contributed by atoms with Gasteiger partial charge in [0.15, 0.2) is 0 Å². The Balaban J connectivity index is 2.58. The van der Waals surface area contributed by atoms with Crippen molar-refractivity contribution >= 4 is 11.8 Å². The lowest BCUT2D eigenvalue weighted by Gasteiger charge is -2.15. The quantitative estimate of drug-likeness (QED) is 0.656. The van der Waals surface area contributed by atoms with Crippen LogP contribution in [0.25, 0.3) is 0 Å². The van der Waals surface area contributed by atoms with E-state index in [9.17, 15) is 4.79 Å². The summed E-state index contributed by atoms with van der Waals surface area (Å²) in [6.45, 7) is 0. The lowest BCUT2D eigenvalue weighted by atomic mass is 10.3. The Labute approximate surface area is 70.4 Å². The molecular weight excluding hydrogens is 156 g/mol. The zero-order valence-corrected chi connectivity index (χ0v) is 6.69. The van der Waals surface area contributed by atoms with Crippen LogP contribution in [0.1, 0.15) is 0 Å². The van der Waals surface area contributed by atoms with Crippen LogP contribution in [-0.2, 0) is 0 Å². The van der Waals surface area contributed by atoms with E-state index in [1.54, 1.807) is 12.1 Å². The first kappa shape index (κ1) is 8.39. The first-order valence-electron chi connectivity index (χ1n) is 3.48. The summed E-state index contributed by atoms with van der Waals surface area (Å²) in [6, 6.07) is 9.11. The zero-order chi connectivity index (χ0) is 8.97. The number of hydrogen-bond acceptors (Lipinski definition) is 2. The van der Waals surface area contributed by atoms with Crippen LogP contribution in [-0.4, -0.2) is 23.3 Å². The van der Waals surface area contributed by atoms with Crippen molar-refractivity contribution < 1.29 is 9.90 Å². The molecule has 0 unspecified atom stereocenters. The molecule has 64 valence electrons. The molecule has 0 aliphatic carbocycles. The van der Waals surface area contributed by atoms with Crippen molar-refractivity contribution in [2.75, 3.05) is 12.5 Å². The molecule has 0 saturated carbocycles. The molecular formula is C8H10N2O2. The van der Waals surface area contributed by atoms with Crippen molar-refractivity contribution in [3.63, 3.8) is 0 Å². The van der Waals surface area contributed by atoms with Gasteiger partial charge in [0.2, 0.25) is 0 Å². The van der Waals surface area contributed by atoms with Crippen LogP contribution in [0.3, 0.4) is 0 Å². The highest BCUT2D eigenvalue weighted by Crippen LogP contribution is 2.05. The number of amides is 1. The fourth-order valence-corrected chi connectivity index (χ4v) is 0.754. The predicted octanol–water partition coefficient (Wildman–Crippen LogP) is 1.62. The van der Waals surface area contributed by atoms with Crippen LogP contribution in [0.15, 0.2) is 30.3 Å². The lowest BCUT2D eigenvalue weighted by molar-refractivity contribution is 0.164. The van der Waals surface area contributed by atoms with E-state index in [2.05, 4.69) is 5.43 Å². The third kappa shape index (κ3) is 2.16. The van der Waals surface area contributed by atoms with Gasteiger partial charge in [-0.25, -0.2) is 9.80 Å². The Bertz CT molecular complexity index is 261. The number of carbonyl (C=O) groups is 1. The van der Waals surface area contributed by atoms with E-state index in [0.717, 1.165) is 10.7 Å². The number of anilines is 1. The molecule has 4 nitrogen and oxygen atoms in total. The minimum atomic E-state index is -1.01. The summed E-state index contributed by atoms with van der Waals surface area (Å²) in [7, 11) is 1.44. The van der Waals surface area contributed by atoms with Crippen molar-refractivity contribution in [2.24, 2.45) is 0 Å². The number of para-hydroxylation sites is 1. The van der Waals surface area contributed by atoms with Gasteiger partial charge < -0.3 is 5.11 Å². The van der Waals surface area contributed by atoms with Gasteiger partial charge in [0, 0.05) is 7.05 Å². The Kier molecular flexibility index (Phi) is 2.53. The third-order valence-electron chi connectivity index (χ3n) is 1.36. The van der Waals surface area contributed by atoms with Crippen molar-refractivity contribution in [1.82, 2.24) is 5.01 Å². The molecule has 0 spiro atoms. The van der Waals surface area contributed by atoms with Crippen molar-refractivity contribution in [2.45, 2.75) is 0 Å². The fourth-order valence-electron chi connectivity index (χ4n) is 0.754. The molecule has 1 aromatic carbocycles. The molecule has 0 aliphatic rings. The normalized spacial score (nSPS) is 9.08. The maximum atomic E-state index is 10.4. The number of rotatable bonds is 2. The number of hydrogen-bond donors (Lipinski definition) is 2. The first-order valence-corrected chi connectivity index (χ1v) is 3.48. The molecule has 1 rings (SSSR count). The van der Waals surface area contributed by atoms with Crippen molar-refractivity contribution in [3.8, 4) is 0 Å². The molecule has 1 aromatic rings. The summed E-state index contributed by atoms with van der Waals surface area (Å²) >= 11 is 0. The lowest BCUT2D eigenvalue weighted by Crippen LogP contribution is -2.30. The first-order chi connectivity index (χ1) is 5.70. The van der Waals surface area contributed by atoms with Gasteiger partial charge in [0.05, 0.1) is 5.69 Å². The maximum Gasteiger partial charge on any atom is 0.425 e. The van der Waals surface area contributed by atoms with Crippen LogP contribution in [0.2, 0.25) is 0 Å². The predicted molar refractivity (Wildman–Crippen MR) is 45.9 cm³/mol. The Hall–Kier alpha value is -1.71. The average Bonchev–Trinajstić information content (AvgIpc) is 2.06. The third-order valence-corrected chi connectivity index (χ3v) is 1.36.